The Bertz CT molecular complexity index is 1010. The lowest BCUT2D eigenvalue weighted by molar-refractivity contribution is -0.117. The molecule has 0 aliphatic rings. The van der Waals surface area contributed by atoms with Crippen molar-refractivity contribution in [3.05, 3.63) is 52.8 Å². The lowest BCUT2D eigenvalue weighted by atomic mass is 10.1. The molecule has 3 rings (SSSR count). The molecule has 0 radical (unpaired) electrons. The predicted molar refractivity (Wildman–Crippen MR) is 116 cm³/mol. The van der Waals surface area contributed by atoms with E-state index in [4.69, 9.17) is 0 Å². The Morgan fingerprint density at radius 1 is 1.24 bits per heavy atom. The van der Waals surface area contributed by atoms with Gasteiger partial charge in [0.05, 0.1) is 17.9 Å². The van der Waals surface area contributed by atoms with Crippen molar-refractivity contribution in [1.29, 1.82) is 0 Å². The first-order chi connectivity index (χ1) is 13.9. The third-order valence-electron chi connectivity index (χ3n) is 4.84. The third kappa shape index (κ3) is 4.83. The summed E-state index contributed by atoms with van der Waals surface area (Å²) in [7, 11) is 1.91. The Morgan fingerprint density at radius 3 is 2.72 bits per heavy atom. The van der Waals surface area contributed by atoms with Gasteiger partial charge >= 0.3 is 0 Å². The van der Waals surface area contributed by atoms with Gasteiger partial charge in [0.25, 0.3) is 5.91 Å². The van der Waals surface area contributed by atoms with E-state index < -0.39 is 0 Å². The molecule has 0 saturated heterocycles. The number of imidazole rings is 1. The average molecular weight is 414 g/mol. The van der Waals surface area contributed by atoms with Gasteiger partial charge in [-0.2, -0.15) is 0 Å². The van der Waals surface area contributed by atoms with Crippen molar-refractivity contribution in [2.24, 2.45) is 0 Å². The van der Waals surface area contributed by atoms with Gasteiger partial charge in [-0.15, -0.1) is 11.3 Å². The molecule has 1 N–H and O–H groups in total. The van der Waals surface area contributed by atoms with Gasteiger partial charge in [-0.1, -0.05) is 6.07 Å². The number of amides is 2. The molecule has 0 aliphatic heterocycles. The van der Waals surface area contributed by atoms with Gasteiger partial charge in [-0.3, -0.25) is 18.9 Å². The average Bonchev–Trinajstić information content (AvgIpc) is 3.25. The molecule has 7 nitrogen and oxygen atoms in total. The van der Waals surface area contributed by atoms with E-state index in [1.807, 2.05) is 44.3 Å². The summed E-state index contributed by atoms with van der Waals surface area (Å²) in [5.74, 6) is -0.150. The number of aromatic nitrogens is 2. The fraction of sp³-hybridized carbons (Fsp3) is 0.381. The number of likely N-dealkylation sites (N-methyl/N-ethyl adjacent to an activating group) is 1. The second-order valence-corrected chi connectivity index (χ2v) is 7.85. The highest BCUT2D eigenvalue weighted by Crippen LogP contribution is 2.18. The molecular formula is C21H27N5O2S. The van der Waals surface area contributed by atoms with Gasteiger partial charge < -0.3 is 10.2 Å². The number of fused-ring (bicyclic) bond motifs is 1. The van der Waals surface area contributed by atoms with Crippen LogP contribution in [0.4, 0.5) is 5.69 Å². The largest absolute Gasteiger partial charge is 0.339 e. The zero-order valence-electron chi connectivity index (χ0n) is 17.3. The second-order valence-electron chi connectivity index (χ2n) is 6.98. The summed E-state index contributed by atoms with van der Waals surface area (Å²) < 4.78 is 2.07. The van der Waals surface area contributed by atoms with Crippen molar-refractivity contribution in [2.45, 2.75) is 27.3 Å². The molecule has 0 aliphatic carbocycles. The standard InChI is InChI=1S/C21H27N5O2S/c1-5-25(6-2)20(28)16-8-7-9-17(12-16)23-19(27)14-24(4)13-18-15(3)22-21-26(18)10-11-29-21/h7-12H,5-6,13-14H2,1-4H3,(H,23,27). The minimum Gasteiger partial charge on any atom is -0.339 e. The molecule has 0 fully saturated rings. The highest BCUT2D eigenvalue weighted by Gasteiger charge is 2.15. The summed E-state index contributed by atoms with van der Waals surface area (Å²) >= 11 is 1.60. The highest BCUT2D eigenvalue weighted by atomic mass is 32.1. The smallest absolute Gasteiger partial charge is 0.253 e. The molecule has 2 heterocycles. The Balaban J connectivity index is 1.62. The Hall–Kier alpha value is -2.71. The SMILES string of the molecule is CCN(CC)C(=O)c1cccc(NC(=O)CN(C)Cc2c(C)nc3sccn23)c1. The first-order valence-corrected chi connectivity index (χ1v) is 10.6. The zero-order valence-corrected chi connectivity index (χ0v) is 18.1. The summed E-state index contributed by atoms with van der Waals surface area (Å²) in [4.78, 5) is 34.2. The van der Waals surface area contributed by atoms with Crippen LogP contribution in [0.25, 0.3) is 4.96 Å². The van der Waals surface area contributed by atoms with Gasteiger partial charge in [0, 0.05) is 42.5 Å². The van der Waals surface area contributed by atoms with Crippen LogP contribution in [0, 0.1) is 6.92 Å². The van der Waals surface area contributed by atoms with Crippen LogP contribution in [0.15, 0.2) is 35.8 Å². The van der Waals surface area contributed by atoms with E-state index in [9.17, 15) is 9.59 Å². The van der Waals surface area contributed by atoms with E-state index in [-0.39, 0.29) is 18.4 Å². The minimum atomic E-state index is -0.122. The summed E-state index contributed by atoms with van der Waals surface area (Å²) in [6.07, 6.45) is 2.00. The second kappa shape index (κ2) is 9.19. The van der Waals surface area contributed by atoms with Crippen LogP contribution in [-0.2, 0) is 11.3 Å². The molecule has 2 amide bonds. The number of carbonyl (C=O) groups excluding carboxylic acids is 2. The number of hydrogen-bond acceptors (Lipinski definition) is 5. The van der Waals surface area contributed by atoms with Crippen LogP contribution in [0.3, 0.4) is 0 Å². The molecule has 0 atom stereocenters. The summed E-state index contributed by atoms with van der Waals surface area (Å²) in [5.41, 5.74) is 3.27. The fourth-order valence-corrected chi connectivity index (χ4v) is 4.09. The van der Waals surface area contributed by atoms with Crippen molar-refractivity contribution < 1.29 is 9.59 Å². The van der Waals surface area contributed by atoms with Crippen LogP contribution in [-0.4, -0.2) is 57.7 Å². The van der Waals surface area contributed by atoms with Gasteiger partial charge in [0.2, 0.25) is 5.91 Å². The number of thiazole rings is 1. The third-order valence-corrected chi connectivity index (χ3v) is 5.59. The van der Waals surface area contributed by atoms with Gasteiger partial charge in [0.1, 0.15) is 0 Å². The number of aryl methyl sites for hydroxylation is 1. The van der Waals surface area contributed by atoms with E-state index in [0.29, 0.717) is 30.9 Å². The normalized spacial score (nSPS) is 11.2. The topological polar surface area (TPSA) is 70.0 Å². The lowest BCUT2D eigenvalue weighted by Crippen LogP contribution is -2.31. The molecular weight excluding hydrogens is 386 g/mol. The number of nitrogens with zero attached hydrogens (tertiary/aromatic N) is 4. The van der Waals surface area contributed by atoms with Gasteiger partial charge in [0.15, 0.2) is 4.96 Å². The van der Waals surface area contributed by atoms with Crippen LogP contribution in [0.5, 0.6) is 0 Å². The highest BCUT2D eigenvalue weighted by molar-refractivity contribution is 7.15. The van der Waals surface area contributed by atoms with Crippen LogP contribution in [0.2, 0.25) is 0 Å². The van der Waals surface area contributed by atoms with Gasteiger partial charge in [-0.25, -0.2) is 4.98 Å². The van der Waals surface area contributed by atoms with Crippen molar-refractivity contribution >= 4 is 33.8 Å². The quantitative estimate of drug-likeness (QED) is 0.615. The number of rotatable bonds is 8. The number of hydrogen-bond donors (Lipinski definition) is 1. The monoisotopic (exact) mass is 413 g/mol. The first kappa shape index (κ1) is 21.0. The number of anilines is 1. The van der Waals surface area contributed by atoms with Crippen LogP contribution >= 0.6 is 11.3 Å². The van der Waals surface area contributed by atoms with Gasteiger partial charge in [-0.05, 0) is 46.0 Å². The Morgan fingerprint density at radius 2 is 2.00 bits per heavy atom. The van der Waals surface area contributed by atoms with Crippen LogP contribution in [0.1, 0.15) is 35.6 Å². The minimum absolute atomic E-state index is 0.0285. The molecule has 154 valence electrons. The van der Waals surface area contributed by atoms with E-state index in [1.54, 1.807) is 40.5 Å². The predicted octanol–water partition coefficient (Wildman–Crippen LogP) is 3.26. The maximum Gasteiger partial charge on any atom is 0.253 e. The number of carbonyl (C=O) groups is 2. The molecule has 0 spiro atoms. The molecule has 1 aromatic carbocycles. The zero-order chi connectivity index (χ0) is 21.0. The molecule has 3 aromatic rings. The lowest BCUT2D eigenvalue weighted by Gasteiger charge is -2.19. The van der Waals surface area contributed by atoms with E-state index in [2.05, 4.69) is 14.7 Å². The number of benzene rings is 1. The molecule has 0 unspecified atom stereocenters. The maximum atomic E-state index is 12.5. The Kier molecular flexibility index (Phi) is 6.66. The molecule has 29 heavy (non-hydrogen) atoms. The fourth-order valence-electron chi connectivity index (χ4n) is 3.31. The van der Waals surface area contributed by atoms with Crippen molar-refractivity contribution in [1.82, 2.24) is 19.2 Å². The molecule has 8 heteroatoms. The van der Waals surface area contributed by atoms with Crippen molar-refractivity contribution in [3.8, 4) is 0 Å². The molecule has 2 aromatic heterocycles. The first-order valence-electron chi connectivity index (χ1n) is 9.71. The van der Waals surface area contributed by atoms with E-state index in [1.165, 1.54) is 0 Å². The maximum absolute atomic E-state index is 12.5. The van der Waals surface area contributed by atoms with E-state index in [0.717, 1.165) is 16.3 Å². The van der Waals surface area contributed by atoms with Crippen LogP contribution < -0.4 is 5.32 Å². The van der Waals surface area contributed by atoms with Crippen molar-refractivity contribution in [2.75, 3.05) is 32.0 Å². The molecule has 0 saturated carbocycles. The summed E-state index contributed by atoms with van der Waals surface area (Å²) in [6.45, 7) is 8.07. The summed E-state index contributed by atoms with van der Waals surface area (Å²) in [6, 6.07) is 7.09. The van der Waals surface area contributed by atoms with Crippen molar-refractivity contribution in [3.63, 3.8) is 0 Å². The van der Waals surface area contributed by atoms with E-state index >= 15 is 0 Å². The summed E-state index contributed by atoms with van der Waals surface area (Å²) in [5, 5.41) is 4.90. The molecule has 0 bridgehead atoms. The number of nitrogens with one attached hydrogen (secondary N) is 1. The Labute approximate surface area is 175 Å².